The number of aromatic hydroxyl groups is 2. The first-order chi connectivity index (χ1) is 13.2. The molecular weight excluding hydrogens is 340 g/mol. The normalized spacial score (nSPS) is 10.0. The summed E-state index contributed by atoms with van der Waals surface area (Å²) < 4.78 is 10.8. The fraction of sp³-hybridized carbons (Fsp3) is 0.478. The highest BCUT2D eigenvalue weighted by atomic mass is 16.5. The second kappa shape index (κ2) is 14.8. The van der Waals surface area contributed by atoms with Gasteiger partial charge in [-0.3, -0.25) is 0 Å². The molecule has 2 rings (SSSR count). The van der Waals surface area contributed by atoms with Crippen LogP contribution in [0.3, 0.4) is 0 Å². The van der Waals surface area contributed by atoms with Crippen molar-refractivity contribution in [3.05, 3.63) is 48.5 Å². The van der Waals surface area contributed by atoms with Gasteiger partial charge in [0.1, 0.15) is 0 Å². The van der Waals surface area contributed by atoms with Gasteiger partial charge < -0.3 is 19.7 Å². The summed E-state index contributed by atoms with van der Waals surface area (Å²) >= 11 is 0. The minimum atomic E-state index is 0.221. The Morgan fingerprint density at radius 3 is 1.44 bits per heavy atom. The number of phenols is 2. The van der Waals surface area contributed by atoms with Gasteiger partial charge in [0.25, 0.3) is 0 Å². The summed E-state index contributed by atoms with van der Waals surface area (Å²) in [5, 5.41) is 18.7. The number of para-hydroxylation sites is 4. The lowest BCUT2D eigenvalue weighted by Gasteiger charge is -2.06. The summed E-state index contributed by atoms with van der Waals surface area (Å²) in [5.74, 6) is 1.62. The minimum absolute atomic E-state index is 0.221. The first kappa shape index (κ1) is 22.7. The standard InChI is InChI=1S/C12H18O2.C11H16O2/c1-2-3-4-7-10-14-12-9-6-5-8-11(12)13;1-2-3-6-9-13-11-8-5-4-7-10(11)12/h5-6,8-9,13H,2-4,7,10H2,1H3;4-5,7-8,12H,2-3,6,9H2,1H3. The van der Waals surface area contributed by atoms with E-state index in [4.69, 9.17) is 9.47 Å². The Morgan fingerprint density at radius 2 is 1.00 bits per heavy atom. The molecule has 0 aliphatic heterocycles. The predicted octanol–water partition coefficient (Wildman–Crippen LogP) is 6.31. The number of hydrogen-bond donors (Lipinski definition) is 2. The van der Waals surface area contributed by atoms with E-state index >= 15 is 0 Å². The van der Waals surface area contributed by atoms with Crippen LogP contribution in [0.1, 0.15) is 58.8 Å². The van der Waals surface area contributed by atoms with Gasteiger partial charge in [0, 0.05) is 0 Å². The minimum Gasteiger partial charge on any atom is -0.504 e. The molecule has 150 valence electrons. The monoisotopic (exact) mass is 374 g/mol. The summed E-state index contributed by atoms with van der Waals surface area (Å²) in [7, 11) is 0. The van der Waals surface area contributed by atoms with Crippen LogP contribution >= 0.6 is 0 Å². The number of hydrogen-bond acceptors (Lipinski definition) is 4. The Morgan fingerprint density at radius 1 is 0.593 bits per heavy atom. The van der Waals surface area contributed by atoms with Crippen molar-refractivity contribution in [3.63, 3.8) is 0 Å². The molecule has 0 aliphatic carbocycles. The molecule has 0 radical (unpaired) electrons. The van der Waals surface area contributed by atoms with Gasteiger partial charge in [0.05, 0.1) is 13.2 Å². The van der Waals surface area contributed by atoms with E-state index in [0.29, 0.717) is 24.7 Å². The number of benzene rings is 2. The highest BCUT2D eigenvalue weighted by Gasteiger charge is 1.99. The molecule has 0 saturated heterocycles. The fourth-order valence-corrected chi connectivity index (χ4v) is 2.40. The van der Waals surface area contributed by atoms with Crippen LogP contribution in [0.15, 0.2) is 48.5 Å². The largest absolute Gasteiger partial charge is 0.504 e. The lowest BCUT2D eigenvalue weighted by Crippen LogP contribution is -1.97. The lowest BCUT2D eigenvalue weighted by molar-refractivity contribution is 0.289. The maximum atomic E-state index is 9.39. The highest BCUT2D eigenvalue weighted by Crippen LogP contribution is 2.25. The van der Waals surface area contributed by atoms with E-state index in [9.17, 15) is 10.2 Å². The van der Waals surface area contributed by atoms with Gasteiger partial charge >= 0.3 is 0 Å². The van der Waals surface area contributed by atoms with Gasteiger partial charge in [0.2, 0.25) is 0 Å². The van der Waals surface area contributed by atoms with E-state index in [1.165, 1.54) is 32.1 Å². The quantitative estimate of drug-likeness (QED) is 0.452. The van der Waals surface area contributed by atoms with Gasteiger partial charge in [-0.1, -0.05) is 70.2 Å². The second-order valence-corrected chi connectivity index (χ2v) is 6.40. The van der Waals surface area contributed by atoms with Crippen molar-refractivity contribution < 1.29 is 19.7 Å². The van der Waals surface area contributed by atoms with Gasteiger partial charge in [-0.05, 0) is 37.1 Å². The van der Waals surface area contributed by atoms with E-state index < -0.39 is 0 Å². The Balaban J connectivity index is 0.000000271. The molecule has 0 atom stereocenters. The predicted molar refractivity (Wildman–Crippen MR) is 111 cm³/mol. The van der Waals surface area contributed by atoms with Crippen LogP contribution in [0.5, 0.6) is 23.0 Å². The lowest BCUT2D eigenvalue weighted by atomic mass is 10.2. The van der Waals surface area contributed by atoms with E-state index in [0.717, 1.165) is 12.8 Å². The van der Waals surface area contributed by atoms with Gasteiger partial charge in [-0.2, -0.15) is 0 Å². The highest BCUT2D eigenvalue weighted by molar-refractivity contribution is 5.38. The summed E-state index contributed by atoms with van der Waals surface area (Å²) in [6.07, 6.45) is 8.15. The topological polar surface area (TPSA) is 58.9 Å². The summed E-state index contributed by atoms with van der Waals surface area (Å²) in [6.45, 7) is 5.72. The van der Waals surface area contributed by atoms with Crippen molar-refractivity contribution in [2.24, 2.45) is 0 Å². The fourth-order valence-electron chi connectivity index (χ4n) is 2.40. The van der Waals surface area contributed by atoms with Crippen LogP contribution in [0.4, 0.5) is 0 Å². The first-order valence-electron chi connectivity index (χ1n) is 10.0. The number of phenolic OH excluding ortho intramolecular Hbond substituents is 2. The van der Waals surface area contributed by atoms with Crippen LogP contribution in [0, 0.1) is 0 Å². The van der Waals surface area contributed by atoms with Crippen LogP contribution in [-0.4, -0.2) is 23.4 Å². The molecule has 2 aromatic carbocycles. The Hall–Kier alpha value is -2.36. The van der Waals surface area contributed by atoms with Gasteiger partial charge in [-0.25, -0.2) is 0 Å². The molecule has 4 heteroatoms. The summed E-state index contributed by atoms with van der Waals surface area (Å²) in [5.41, 5.74) is 0. The molecule has 2 N–H and O–H groups in total. The second-order valence-electron chi connectivity index (χ2n) is 6.40. The molecule has 0 spiro atoms. The van der Waals surface area contributed by atoms with Crippen molar-refractivity contribution in [2.75, 3.05) is 13.2 Å². The smallest absolute Gasteiger partial charge is 0.160 e. The SMILES string of the molecule is CCCCCCOc1ccccc1O.CCCCCOc1ccccc1O. The van der Waals surface area contributed by atoms with E-state index in [1.807, 2.05) is 12.1 Å². The van der Waals surface area contributed by atoms with Crippen molar-refractivity contribution in [3.8, 4) is 23.0 Å². The Kier molecular flexibility index (Phi) is 12.4. The van der Waals surface area contributed by atoms with Crippen molar-refractivity contribution in [2.45, 2.75) is 58.8 Å². The Bertz CT molecular complexity index is 613. The van der Waals surface area contributed by atoms with E-state index in [-0.39, 0.29) is 11.5 Å². The third kappa shape index (κ3) is 10.4. The average molecular weight is 375 g/mol. The molecule has 0 heterocycles. The molecule has 0 aromatic heterocycles. The zero-order chi connectivity index (χ0) is 19.7. The maximum absolute atomic E-state index is 9.39. The molecule has 0 fully saturated rings. The number of rotatable bonds is 11. The molecule has 4 nitrogen and oxygen atoms in total. The van der Waals surface area contributed by atoms with Crippen LogP contribution in [0.2, 0.25) is 0 Å². The third-order valence-corrected chi connectivity index (χ3v) is 3.99. The van der Waals surface area contributed by atoms with E-state index in [2.05, 4.69) is 13.8 Å². The number of unbranched alkanes of at least 4 members (excludes halogenated alkanes) is 5. The van der Waals surface area contributed by atoms with Gasteiger partial charge in [-0.15, -0.1) is 0 Å². The van der Waals surface area contributed by atoms with Crippen molar-refractivity contribution in [1.82, 2.24) is 0 Å². The molecule has 0 amide bonds. The van der Waals surface area contributed by atoms with Crippen LogP contribution in [-0.2, 0) is 0 Å². The molecule has 0 saturated carbocycles. The summed E-state index contributed by atoms with van der Waals surface area (Å²) in [6, 6.07) is 14.1. The van der Waals surface area contributed by atoms with Crippen LogP contribution < -0.4 is 9.47 Å². The van der Waals surface area contributed by atoms with Crippen molar-refractivity contribution >= 4 is 0 Å². The zero-order valence-electron chi connectivity index (χ0n) is 16.7. The van der Waals surface area contributed by atoms with Crippen molar-refractivity contribution in [1.29, 1.82) is 0 Å². The number of ether oxygens (including phenoxy) is 2. The molecule has 27 heavy (non-hydrogen) atoms. The molecule has 2 aromatic rings. The summed E-state index contributed by atoms with van der Waals surface area (Å²) in [4.78, 5) is 0. The molecule has 0 aliphatic rings. The first-order valence-corrected chi connectivity index (χ1v) is 10.0. The Labute approximate surface area is 163 Å². The van der Waals surface area contributed by atoms with Gasteiger partial charge in [0.15, 0.2) is 23.0 Å². The molecular formula is C23H34O4. The molecule has 0 unspecified atom stereocenters. The zero-order valence-corrected chi connectivity index (χ0v) is 16.7. The molecule has 0 bridgehead atoms. The van der Waals surface area contributed by atoms with E-state index in [1.54, 1.807) is 36.4 Å². The van der Waals surface area contributed by atoms with Crippen LogP contribution in [0.25, 0.3) is 0 Å². The maximum Gasteiger partial charge on any atom is 0.160 e. The average Bonchev–Trinajstić information content (AvgIpc) is 2.68. The third-order valence-electron chi connectivity index (χ3n) is 3.99.